The second kappa shape index (κ2) is 7.62. The van der Waals surface area contributed by atoms with Crippen molar-refractivity contribution in [1.82, 2.24) is 5.32 Å². The van der Waals surface area contributed by atoms with Gasteiger partial charge in [-0.3, -0.25) is 0 Å². The van der Waals surface area contributed by atoms with Gasteiger partial charge in [0, 0.05) is 0 Å². The van der Waals surface area contributed by atoms with Gasteiger partial charge in [-0.15, -0.1) is 0 Å². The highest BCUT2D eigenvalue weighted by Crippen LogP contribution is 2.40. The van der Waals surface area contributed by atoms with Crippen LogP contribution in [0, 0.1) is 51.2 Å². The van der Waals surface area contributed by atoms with E-state index in [9.17, 15) is 21.0 Å². The van der Waals surface area contributed by atoms with Gasteiger partial charge in [0.2, 0.25) is 0 Å². The highest BCUT2D eigenvalue weighted by atomic mass is 16.5. The number of nitriles is 4. The minimum Gasteiger partial charge on any atom is -0.493 e. The molecule has 0 radical (unpaired) electrons. The lowest BCUT2D eigenvalue weighted by Gasteiger charge is -2.27. The molecule has 1 aromatic carbocycles. The van der Waals surface area contributed by atoms with Crippen molar-refractivity contribution >= 4 is 0 Å². The van der Waals surface area contributed by atoms with Gasteiger partial charge in [-0.05, 0) is 17.7 Å². The highest BCUT2D eigenvalue weighted by molar-refractivity contribution is 5.58. The van der Waals surface area contributed by atoms with Gasteiger partial charge >= 0.3 is 0 Å². The van der Waals surface area contributed by atoms with Crippen molar-refractivity contribution in [2.75, 3.05) is 14.2 Å². The average Bonchev–Trinajstić information content (AvgIpc) is 2.67. The maximum absolute atomic E-state index is 9.66. The van der Waals surface area contributed by atoms with Crippen molar-refractivity contribution in [1.29, 1.82) is 21.0 Å². The molecule has 2 rings (SSSR count). The average molecular weight is 346 g/mol. The van der Waals surface area contributed by atoms with Gasteiger partial charge in [0.25, 0.3) is 0 Å². The summed E-state index contributed by atoms with van der Waals surface area (Å²) in [6.07, 6.45) is 0. The molecule has 1 aliphatic heterocycles. The molecule has 0 aliphatic carbocycles. The second-order valence-corrected chi connectivity index (χ2v) is 5.24. The fourth-order valence-electron chi connectivity index (χ4n) is 2.74. The Bertz CT molecular complexity index is 951. The van der Waals surface area contributed by atoms with E-state index in [2.05, 4.69) is 5.32 Å². The van der Waals surface area contributed by atoms with Crippen molar-refractivity contribution in [2.24, 2.45) is 11.7 Å². The van der Waals surface area contributed by atoms with Crippen LogP contribution < -0.4 is 20.5 Å². The standard InChI is InChI=1S/C18H14N6O2/c1-25-14-4-3-10(5-15(14)26-2)16-12(8-21)17(11(6-19)7-20)24-18(23)13(16)9-22/h3-5,11,16,24H,23H2,1-2H3/t16-/m0/s1. The number of nitrogens with one attached hydrogen (secondary N) is 1. The van der Waals surface area contributed by atoms with E-state index in [1.807, 2.05) is 24.3 Å². The van der Waals surface area contributed by atoms with E-state index < -0.39 is 11.8 Å². The van der Waals surface area contributed by atoms with Gasteiger partial charge in [-0.1, -0.05) is 6.07 Å². The van der Waals surface area contributed by atoms with Crippen molar-refractivity contribution in [3.8, 4) is 35.8 Å². The van der Waals surface area contributed by atoms with Crippen LogP contribution in [0.1, 0.15) is 11.5 Å². The third-order valence-corrected chi connectivity index (χ3v) is 3.96. The number of rotatable bonds is 4. The largest absolute Gasteiger partial charge is 0.493 e. The molecule has 26 heavy (non-hydrogen) atoms. The predicted octanol–water partition coefficient (Wildman–Crippen LogP) is 1.53. The zero-order valence-corrected chi connectivity index (χ0v) is 14.1. The monoisotopic (exact) mass is 346 g/mol. The first-order valence-corrected chi connectivity index (χ1v) is 7.38. The smallest absolute Gasteiger partial charge is 0.173 e. The fourth-order valence-corrected chi connectivity index (χ4v) is 2.74. The van der Waals surface area contributed by atoms with Crippen LogP contribution in [0.4, 0.5) is 0 Å². The van der Waals surface area contributed by atoms with Crippen molar-refractivity contribution in [3.05, 3.63) is 46.4 Å². The summed E-state index contributed by atoms with van der Waals surface area (Å²) in [5.41, 5.74) is 6.75. The van der Waals surface area contributed by atoms with Gasteiger partial charge in [0.05, 0.1) is 61.3 Å². The molecule has 0 saturated heterocycles. The first-order valence-electron chi connectivity index (χ1n) is 7.38. The van der Waals surface area contributed by atoms with Crippen molar-refractivity contribution < 1.29 is 9.47 Å². The van der Waals surface area contributed by atoms with Gasteiger partial charge in [-0.25, -0.2) is 0 Å². The Morgan fingerprint density at radius 1 is 1.00 bits per heavy atom. The van der Waals surface area contributed by atoms with Crippen LogP contribution >= 0.6 is 0 Å². The fraction of sp³-hybridized carbons (Fsp3) is 0.222. The second-order valence-electron chi connectivity index (χ2n) is 5.24. The zero-order valence-electron chi connectivity index (χ0n) is 14.1. The highest BCUT2D eigenvalue weighted by Gasteiger charge is 2.34. The van der Waals surface area contributed by atoms with E-state index in [0.717, 1.165) is 0 Å². The zero-order chi connectivity index (χ0) is 19.3. The van der Waals surface area contributed by atoms with E-state index in [0.29, 0.717) is 17.1 Å². The Balaban J connectivity index is 2.75. The molecule has 128 valence electrons. The lowest BCUT2D eigenvalue weighted by atomic mass is 9.80. The first kappa shape index (κ1) is 18.2. The molecule has 0 unspecified atom stereocenters. The summed E-state index contributed by atoms with van der Waals surface area (Å²) in [4.78, 5) is 0. The van der Waals surface area contributed by atoms with Gasteiger partial charge in [0.15, 0.2) is 17.4 Å². The molecule has 0 fully saturated rings. The molecule has 0 bridgehead atoms. The molecule has 0 spiro atoms. The molecular weight excluding hydrogens is 332 g/mol. The van der Waals surface area contributed by atoms with Crippen molar-refractivity contribution in [3.63, 3.8) is 0 Å². The number of benzene rings is 1. The van der Waals surface area contributed by atoms with Gasteiger partial charge in [-0.2, -0.15) is 21.0 Å². The minimum absolute atomic E-state index is 0.00298. The summed E-state index contributed by atoms with van der Waals surface area (Å²) >= 11 is 0. The molecule has 1 atom stereocenters. The van der Waals surface area contributed by atoms with Crippen molar-refractivity contribution in [2.45, 2.75) is 5.92 Å². The van der Waals surface area contributed by atoms with Crippen LogP contribution in [0.5, 0.6) is 11.5 Å². The summed E-state index contributed by atoms with van der Waals surface area (Å²) in [6.45, 7) is 0. The molecule has 0 aromatic heterocycles. The molecular formula is C18H14N6O2. The molecule has 1 aliphatic rings. The molecule has 1 aromatic rings. The number of allylic oxidation sites excluding steroid dienone is 3. The Morgan fingerprint density at radius 3 is 2.12 bits per heavy atom. The maximum Gasteiger partial charge on any atom is 0.173 e. The van der Waals surface area contributed by atoms with Crippen LogP contribution in [-0.2, 0) is 0 Å². The minimum atomic E-state index is -1.22. The number of dihydropyridines is 1. The third kappa shape index (κ3) is 2.96. The SMILES string of the molecule is COc1ccc([C@@H]2C(C#N)=C(N)NC(C(C#N)C#N)=C2C#N)cc1OC. The molecule has 1 heterocycles. The lowest BCUT2D eigenvalue weighted by Crippen LogP contribution is -2.33. The van der Waals surface area contributed by atoms with E-state index in [4.69, 9.17) is 15.2 Å². The Hall–Kier alpha value is -4.14. The third-order valence-electron chi connectivity index (χ3n) is 3.96. The molecule has 0 amide bonds. The summed E-state index contributed by atoms with van der Waals surface area (Å²) in [5, 5.41) is 40.2. The molecule has 8 nitrogen and oxygen atoms in total. The Kier molecular flexibility index (Phi) is 5.33. The number of hydrogen-bond acceptors (Lipinski definition) is 8. The topological polar surface area (TPSA) is 152 Å². The maximum atomic E-state index is 9.66. The number of nitrogens with two attached hydrogens (primary N) is 1. The number of hydrogen-bond donors (Lipinski definition) is 2. The van der Waals surface area contributed by atoms with Gasteiger partial charge < -0.3 is 20.5 Å². The van der Waals surface area contributed by atoms with Crippen LogP contribution in [0.25, 0.3) is 0 Å². The summed E-state index contributed by atoms with van der Waals surface area (Å²) < 4.78 is 10.5. The predicted molar refractivity (Wildman–Crippen MR) is 89.6 cm³/mol. The van der Waals surface area contributed by atoms with Gasteiger partial charge in [0.1, 0.15) is 5.82 Å². The van der Waals surface area contributed by atoms with E-state index in [1.54, 1.807) is 18.2 Å². The van der Waals surface area contributed by atoms with E-state index in [1.165, 1.54) is 14.2 Å². The lowest BCUT2D eigenvalue weighted by molar-refractivity contribution is 0.354. The summed E-state index contributed by atoms with van der Waals surface area (Å²) in [7, 11) is 2.96. The summed E-state index contributed by atoms with van der Waals surface area (Å²) in [6, 6.07) is 12.6. The van der Waals surface area contributed by atoms with Crippen LogP contribution in [-0.4, -0.2) is 14.2 Å². The molecule has 8 heteroatoms. The first-order chi connectivity index (χ1) is 12.6. The van der Waals surface area contributed by atoms with Crippen LogP contribution in [0.3, 0.4) is 0 Å². The number of methoxy groups -OCH3 is 2. The van der Waals surface area contributed by atoms with Crippen LogP contribution in [0.2, 0.25) is 0 Å². The number of nitrogens with zero attached hydrogens (tertiary/aromatic N) is 4. The quantitative estimate of drug-likeness (QED) is 0.832. The number of ether oxygens (including phenoxy) is 2. The Morgan fingerprint density at radius 2 is 1.62 bits per heavy atom. The summed E-state index contributed by atoms with van der Waals surface area (Å²) in [5.74, 6) is -1.15. The molecule has 3 N–H and O–H groups in total. The normalized spacial score (nSPS) is 16.0. The van der Waals surface area contributed by atoms with E-state index in [-0.39, 0.29) is 22.7 Å². The Labute approximate surface area is 150 Å². The van der Waals surface area contributed by atoms with E-state index >= 15 is 0 Å². The molecule has 0 saturated carbocycles. The van der Waals surface area contributed by atoms with Crippen LogP contribution in [0.15, 0.2) is 40.9 Å².